The lowest BCUT2D eigenvalue weighted by molar-refractivity contribution is -0.159. The standard InChI is InChI=1S/C16H24N2O4S/c1-16(2,3)15(19)22-13-8-12(17)14(18-13)11-6-4-10(5-7-11)9-23(20)21/h4-7,12-14,18,23H,8-9,17H2,1-3H3. The summed E-state index contributed by atoms with van der Waals surface area (Å²) in [6.45, 7) is 5.42. The lowest BCUT2D eigenvalue weighted by Gasteiger charge is -2.21. The van der Waals surface area contributed by atoms with Crippen molar-refractivity contribution in [2.75, 3.05) is 0 Å². The van der Waals surface area contributed by atoms with Crippen molar-refractivity contribution in [3.8, 4) is 0 Å². The van der Waals surface area contributed by atoms with Gasteiger partial charge in [0.1, 0.15) is 10.7 Å². The number of nitrogens with one attached hydrogen (secondary N) is 1. The third-order valence-corrected chi connectivity index (χ3v) is 4.42. The zero-order chi connectivity index (χ0) is 17.2. The van der Waals surface area contributed by atoms with Crippen LogP contribution in [0.5, 0.6) is 0 Å². The highest BCUT2D eigenvalue weighted by atomic mass is 32.2. The fraction of sp³-hybridized carbons (Fsp3) is 0.562. The molecule has 1 aromatic carbocycles. The van der Waals surface area contributed by atoms with E-state index in [-0.39, 0.29) is 23.8 Å². The van der Waals surface area contributed by atoms with Crippen molar-refractivity contribution in [3.63, 3.8) is 0 Å². The molecule has 1 heterocycles. The average molecular weight is 340 g/mol. The summed E-state index contributed by atoms with van der Waals surface area (Å²) in [6.07, 6.45) is 0.137. The van der Waals surface area contributed by atoms with Gasteiger partial charge >= 0.3 is 5.97 Å². The molecule has 7 heteroatoms. The predicted molar refractivity (Wildman–Crippen MR) is 88.3 cm³/mol. The first-order valence-electron chi connectivity index (χ1n) is 7.60. The van der Waals surface area contributed by atoms with Crippen LogP contribution in [0.2, 0.25) is 0 Å². The van der Waals surface area contributed by atoms with Crippen LogP contribution in [0.3, 0.4) is 0 Å². The lowest BCUT2D eigenvalue weighted by Crippen LogP contribution is -2.34. The molecule has 0 saturated carbocycles. The Labute approximate surface area is 138 Å². The van der Waals surface area contributed by atoms with Crippen LogP contribution in [0.4, 0.5) is 0 Å². The summed E-state index contributed by atoms with van der Waals surface area (Å²) in [7, 11) is -2.43. The van der Waals surface area contributed by atoms with E-state index in [9.17, 15) is 13.2 Å². The molecule has 1 aromatic rings. The van der Waals surface area contributed by atoms with E-state index in [0.717, 1.165) is 11.1 Å². The molecule has 3 atom stereocenters. The van der Waals surface area contributed by atoms with Gasteiger partial charge in [-0.15, -0.1) is 0 Å². The van der Waals surface area contributed by atoms with Crippen LogP contribution < -0.4 is 11.1 Å². The summed E-state index contributed by atoms with van der Waals surface area (Å²) in [5.74, 6) is -0.233. The van der Waals surface area contributed by atoms with Crippen molar-refractivity contribution in [1.82, 2.24) is 5.32 Å². The number of carbonyl (C=O) groups excluding carboxylic acids is 1. The molecule has 0 radical (unpaired) electrons. The maximum atomic E-state index is 12.0. The molecule has 6 nitrogen and oxygen atoms in total. The molecule has 0 spiro atoms. The predicted octanol–water partition coefficient (Wildman–Crippen LogP) is 1.08. The van der Waals surface area contributed by atoms with E-state index in [1.165, 1.54) is 0 Å². The van der Waals surface area contributed by atoms with Crippen LogP contribution in [0.15, 0.2) is 24.3 Å². The van der Waals surface area contributed by atoms with Crippen LogP contribution in [-0.4, -0.2) is 26.7 Å². The molecule has 1 saturated heterocycles. The number of ether oxygens (including phenoxy) is 1. The highest BCUT2D eigenvalue weighted by Crippen LogP contribution is 2.28. The lowest BCUT2D eigenvalue weighted by atomic mass is 9.97. The molecule has 128 valence electrons. The van der Waals surface area contributed by atoms with E-state index in [4.69, 9.17) is 10.5 Å². The second-order valence-corrected chi connectivity index (χ2v) is 7.90. The summed E-state index contributed by atoms with van der Waals surface area (Å²) in [5, 5.41) is 3.23. The number of carbonyl (C=O) groups is 1. The highest BCUT2D eigenvalue weighted by molar-refractivity contribution is 7.71. The zero-order valence-corrected chi connectivity index (χ0v) is 14.5. The number of benzene rings is 1. The fourth-order valence-corrected chi connectivity index (χ4v) is 3.00. The molecule has 1 fully saturated rings. The van der Waals surface area contributed by atoms with E-state index >= 15 is 0 Å². The van der Waals surface area contributed by atoms with Crippen LogP contribution in [-0.2, 0) is 26.0 Å². The largest absolute Gasteiger partial charge is 0.446 e. The van der Waals surface area contributed by atoms with E-state index in [1.54, 1.807) is 32.9 Å². The summed E-state index contributed by atoms with van der Waals surface area (Å²) >= 11 is 0. The van der Waals surface area contributed by atoms with Gasteiger partial charge < -0.3 is 10.5 Å². The number of rotatable bonds is 4. The van der Waals surface area contributed by atoms with Crippen molar-refractivity contribution < 1.29 is 17.9 Å². The minimum Gasteiger partial charge on any atom is -0.446 e. The second kappa shape index (κ2) is 6.98. The summed E-state index contributed by atoms with van der Waals surface area (Å²) < 4.78 is 27.0. The first-order chi connectivity index (χ1) is 10.7. The molecule has 3 unspecified atom stereocenters. The Balaban J connectivity index is 2.02. The molecule has 0 aliphatic carbocycles. The third-order valence-electron chi connectivity index (χ3n) is 3.79. The minimum absolute atomic E-state index is 0.0333. The van der Waals surface area contributed by atoms with E-state index in [0.29, 0.717) is 6.42 Å². The number of hydrogen-bond acceptors (Lipinski definition) is 6. The van der Waals surface area contributed by atoms with Gasteiger partial charge in [-0.1, -0.05) is 24.3 Å². The molecule has 2 rings (SSSR count). The Kier molecular flexibility index (Phi) is 5.44. The van der Waals surface area contributed by atoms with Gasteiger partial charge in [-0.3, -0.25) is 10.1 Å². The summed E-state index contributed by atoms with van der Waals surface area (Å²) in [4.78, 5) is 12.0. The first-order valence-corrected chi connectivity index (χ1v) is 8.96. The monoisotopic (exact) mass is 340 g/mol. The number of thiol groups is 1. The third kappa shape index (κ3) is 4.76. The molecule has 1 aliphatic heterocycles. The zero-order valence-electron chi connectivity index (χ0n) is 13.6. The van der Waals surface area contributed by atoms with Crippen LogP contribution in [0, 0.1) is 5.41 Å². The van der Waals surface area contributed by atoms with Gasteiger partial charge in [0.05, 0.1) is 17.2 Å². The van der Waals surface area contributed by atoms with Crippen molar-refractivity contribution >= 4 is 16.7 Å². The van der Waals surface area contributed by atoms with Gasteiger partial charge in [0.2, 0.25) is 0 Å². The van der Waals surface area contributed by atoms with Crippen molar-refractivity contribution in [3.05, 3.63) is 35.4 Å². The minimum atomic E-state index is -2.43. The number of nitrogens with two attached hydrogens (primary N) is 1. The molecule has 1 aliphatic rings. The maximum Gasteiger partial charge on any atom is 0.312 e. The second-order valence-electron chi connectivity index (χ2n) is 6.92. The fourth-order valence-electron chi connectivity index (χ4n) is 2.49. The van der Waals surface area contributed by atoms with Crippen LogP contribution in [0.1, 0.15) is 44.4 Å². The Hall–Kier alpha value is -1.44. The molecule has 0 amide bonds. The van der Waals surface area contributed by atoms with Gasteiger partial charge in [-0.05, 0) is 31.9 Å². The SMILES string of the molecule is CC(C)(C)C(=O)OC1CC(N)C(c2ccc(C[SH](=O)=O)cc2)N1. The van der Waals surface area contributed by atoms with Gasteiger partial charge in [0, 0.05) is 12.5 Å². The molecular formula is C16H24N2O4S. The van der Waals surface area contributed by atoms with Gasteiger partial charge in [-0.2, -0.15) is 0 Å². The van der Waals surface area contributed by atoms with E-state index < -0.39 is 22.3 Å². The van der Waals surface area contributed by atoms with Crippen LogP contribution >= 0.6 is 0 Å². The van der Waals surface area contributed by atoms with Crippen molar-refractivity contribution in [2.24, 2.45) is 11.1 Å². The Morgan fingerprint density at radius 2 is 1.91 bits per heavy atom. The molecule has 0 aromatic heterocycles. The first kappa shape index (κ1) is 17.9. The molecule has 0 bridgehead atoms. The number of hydrogen-bond donors (Lipinski definition) is 3. The van der Waals surface area contributed by atoms with Gasteiger partial charge in [0.15, 0.2) is 6.23 Å². The molecule has 3 N–H and O–H groups in total. The van der Waals surface area contributed by atoms with Crippen molar-refractivity contribution in [2.45, 2.75) is 51.3 Å². The number of esters is 1. The Morgan fingerprint density at radius 1 is 1.30 bits per heavy atom. The normalized spacial score (nSPS) is 24.8. The molecule has 23 heavy (non-hydrogen) atoms. The summed E-state index contributed by atoms with van der Waals surface area (Å²) in [5.41, 5.74) is 7.30. The maximum absolute atomic E-state index is 12.0. The van der Waals surface area contributed by atoms with E-state index in [1.807, 2.05) is 12.1 Å². The van der Waals surface area contributed by atoms with Crippen molar-refractivity contribution in [1.29, 1.82) is 0 Å². The average Bonchev–Trinajstić information content (AvgIpc) is 2.78. The molecular weight excluding hydrogens is 316 g/mol. The van der Waals surface area contributed by atoms with Gasteiger partial charge in [-0.25, -0.2) is 8.42 Å². The van der Waals surface area contributed by atoms with Gasteiger partial charge in [0.25, 0.3) is 0 Å². The summed E-state index contributed by atoms with van der Waals surface area (Å²) in [6, 6.07) is 6.99. The smallest absolute Gasteiger partial charge is 0.312 e. The van der Waals surface area contributed by atoms with E-state index in [2.05, 4.69) is 5.32 Å². The quantitative estimate of drug-likeness (QED) is 0.560. The highest BCUT2D eigenvalue weighted by Gasteiger charge is 2.36. The van der Waals surface area contributed by atoms with Crippen LogP contribution in [0.25, 0.3) is 0 Å². The Morgan fingerprint density at radius 3 is 2.43 bits per heavy atom. The topological polar surface area (TPSA) is 98.5 Å². The Bertz CT molecular complexity index is 626.